The van der Waals surface area contributed by atoms with E-state index in [1.54, 1.807) is 14.2 Å². The van der Waals surface area contributed by atoms with Gasteiger partial charge in [-0.05, 0) is 43.5 Å². The summed E-state index contributed by atoms with van der Waals surface area (Å²) in [6.45, 7) is 4.85. The lowest BCUT2D eigenvalue weighted by Crippen LogP contribution is -2.40. The number of hydrogen-bond donors (Lipinski definition) is 1. The second-order valence-electron chi connectivity index (χ2n) is 5.90. The Morgan fingerprint density at radius 1 is 1.25 bits per heavy atom. The predicted molar refractivity (Wildman–Crippen MR) is 75.3 cm³/mol. The van der Waals surface area contributed by atoms with Crippen LogP contribution in [-0.4, -0.2) is 37.2 Å². The highest BCUT2D eigenvalue weighted by atomic mass is 16.5. The summed E-state index contributed by atoms with van der Waals surface area (Å²) in [4.78, 5) is 14.0. The summed E-state index contributed by atoms with van der Waals surface area (Å²) in [5, 5.41) is 3.06. The van der Waals surface area contributed by atoms with Crippen LogP contribution in [0.5, 0.6) is 11.5 Å². The Bertz CT molecular complexity index is 568. The Hall–Kier alpha value is -1.91. The van der Waals surface area contributed by atoms with E-state index in [1.807, 2.05) is 17.0 Å². The van der Waals surface area contributed by atoms with Crippen LogP contribution in [0.15, 0.2) is 12.1 Å². The summed E-state index contributed by atoms with van der Waals surface area (Å²) in [5.74, 6) is 1.46. The molecule has 2 aliphatic heterocycles. The number of rotatable bonds is 2. The minimum absolute atomic E-state index is 0.0143. The lowest BCUT2D eigenvalue weighted by molar-refractivity contribution is 0.190. The third-order valence-electron chi connectivity index (χ3n) is 4.25. The van der Waals surface area contributed by atoms with E-state index in [2.05, 4.69) is 19.2 Å². The number of methoxy groups -OCH3 is 2. The molecule has 1 aromatic carbocycles. The highest BCUT2D eigenvalue weighted by Crippen LogP contribution is 2.44. The molecule has 0 radical (unpaired) electrons. The molecule has 1 N–H and O–H groups in total. The molecule has 5 nitrogen and oxygen atoms in total. The van der Waals surface area contributed by atoms with Gasteiger partial charge in [0.25, 0.3) is 0 Å². The van der Waals surface area contributed by atoms with Crippen molar-refractivity contribution < 1.29 is 14.3 Å². The third kappa shape index (κ3) is 1.72. The standard InChI is InChI=1S/C15H20N2O3/c1-15(2)13-10-8-12(20-4)11(19-3)7-9(10)5-6-17(13)14(18)16-15/h7-8,13H,5-6H2,1-4H3,(H,16,18)/t13-/m0/s1. The topological polar surface area (TPSA) is 50.8 Å². The molecule has 0 bridgehead atoms. The van der Waals surface area contributed by atoms with Crippen LogP contribution in [-0.2, 0) is 6.42 Å². The second kappa shape index (κ2) is 4.30. The van der Waals surface area contributed by atoms with E-state index in [0.29, 0.717) is 5.75 Å². The molecule has 20 heavy (non-hydrogen) atoms. The van der Waals surface area contributed by atoms with Crippen LogP contribution in [0.25, 0.3) is 0 Å². The quantitative estimate of drug-likeness (QED) is 0.900. The number of urea groups is 1. The Morgan fingerprint density at radius 2 is 1.90 bits per heavy atom. The molecule has 2 aliphatic rings. The molecule has 0 spiro atoms. The van der Waals surface area contributed by atoms with Crippen LogP contribution in [0.1, 0.15) is 31.0 Å². The smallest absolute Gasteiger partial charge is 0.318 e. The number of hydrogen-bond acceptors (Lipinski definition) is 3. The molecule has 1 fully saturated rings. The van der Waals surface area contributed by atoms with Crippen LogP contribution >= 0.6 is 0 Å². The Balaban J connectivity index is 2.14. The predicted octanol–water partition coefficient (Wildman–Crippen LogP) is 2.10. The molecule has 1 aromatic rings. The highest BCUT2D eigenvalue weighted by molar-refractivity contribution is 5.79. The zero-order valence-corrected chi connectivity index (χ0v) is 12.3. The van der Waals surface area contributed by atoms with Gasteiger partial charge in [-0.3, -0.25) is 0 Å². The van der Waals surface area contributed by atoms with Gasteiger partial charge < -0.3 is 19.7 Å². The highest BCUT2D eigenvalue weighted by Gasteiger charge is 2.48. The maximum atomic E-state index is 12.1. The first-order valence-electron chi connectivity index (χ1n) is 6.81. The number of nitrogens with one attached hydrogen (secondary N) is 1. The SMILES string of the molecule is COc1cc2c(cc1OC)[C@@H]1N(CC2)C(=O)NC1(C)C. The fourth-order valence-corrected chi connectivity index (χ4v) is 3.36. The maximum absolute atomic E-state index is 12.1. The largest absolute Gasteiger partial charge is 0.493 e. The van der Waals surface area contributed by atoms with Crippen LogP contribution in [0.3, 0.4) is 0 Å². The van der Waals surface area contributed by atoms with Gasteiger partial charge in [-0.15, -0.1) is 0 Å². The van der Waals surface area contributed by atoms with Crippen LogP contribution in [0, 0.1) is 0 Å². The van der Waals surface area contributed by atoms with Gasteiger partial charge in [0.1, 0.15) is 0 Å². The third-order valence-corrected chi connectivity index (χ3v) is 4.25. The fourth-order valence-electron chi connectivity index (χ4n) is 3.36. The molecule has 0 saturated carbocycles. The van der Waals surface area contributed by atoms with Crippen LogP contribution < -0.4 is 14.8 Å². The van der Waals surface area contributed by atoms with Crippen molar-refractivity contribution in [2.24, 2.45) is 0 Å². The number of carbonyl (C=O) groups is 1. The summed E-state index contributed by atoms with van der Waals surface area (Å²) in [5.41, 5.74) is 2.09. The Kier molecular flexibility index (Phi) is 2.81. The fraction of sp³-hybridized carbons (Fsp3) is 0.533. The lowest BCUT2D eigenvalue weighted by atomic mass is 9.83. The minimum Gasteiger partial charge on any atom is -0.493 e. The van der Waals surface area contributed by atoms with Gasteiger partial charge in [-0.25, -0.2) is 4.79 Å². The van der Waals surface area contributed by atoms with Crippen molar-refractivity contribution in [2.45, 2.75) is 31.8 Å². The average molecular weight is 276 g/mol. The summed E-state index contributed by atoms with van der Waals surface area (Å²) in [7, 11) is 3.28. The molecule has 5 heteroatoms. The van der Waals surface area contributed by atoms with E-state index in [0.717, 1.165) is 24.3 Å². The van der Waals surface area contributed by atoms with Gasteiger partial charge in [0, 0.05) is 6.54 Å². The summed E-state index contributed by atoms with van der Waals surface area (Å²) in [6.07, 6.45) is 0.843. The van der Waals surface area contributed by atoms with Crippen LogP contribution in [0.2, 0.25) is 0 Å². The number of benzene rings is 1. The van der Waals surface area contributed by atoms with Crippen molar-refractivity contribution in [3.63, 3.8) is 0 Å². The van der Waals surface area contributed by atoms with E-state index in [1.165, 1.54) is 5.56 Å². The molecule has 1 atom stereocenters. The molecule has 0 unspecified atom stereocenters. The zero-order valence-electron chi connectivity index (χ0n) is 12.3. The average Bonchev–Trinajstić information content (AvgIpc) is 2.67. The lowest BCUT2D eigenvalue weighted by Gasteiger charge is -2.36. The number of carbonyl (C=O) groups excluding carboxylic acids is 1. The summed E-state index contributed by atoms with van der Waals surface area (Å²) in [6, 6.07) is 4.09. The first kappa shape index (κ1) is 13.1. The second-order valence-corrected chi connectivity index (χ2v) is 5.90. The molecule has 0 aromatic heterocycles. The van der Waals surface area contributed by atoms with Gasteiger partial charge in [0.05, 0.1) is 25.8 Å². The first-order chi connectivity index (χ1) is 9.47. The van der Waals surface area contributed by atoms with E-state index in [4.69, 9.17) is 9.47 Å². The number of fused-ring (bicyclic) bond motifs is 3. The van der Waals surface area contributed by atoms with Gasteiger partial charge in [-0.2, -0.15) is 0 Å². The molecular formula is C15H20N2O3. The molecule has 0 aliphatic carbocycles. The van der Waals surface area contributed by atoms with Crippen molar-refractivity contribution in [1.82, 2.24) is 10.2 Å². The molecule has 1 saturated heterocycles. The van der Waals surface area contributed by atoms with Gasteiger partial charge in [0.15, 0.2) is 11.5 Å². The maximum Gasteiger partial charge on any atom is 0.318 e. The van der Waals surface area contributed by atoms with Gasteiger partial charge >= 0.3 is 6.03 Å². The number of ether oxygens (including phenoxy) is 2. The molecule has 3 rings (SSSR count). The van der Waals surface area contributed by atoms with E-state index in [9.17, 15) is 4.79 Å². The van der Waals surface area contributed by atoms with Gasteiger partial charge in [-0.1, -0.05) is 0 Å². The van der Waals surface area contributed by atoms with Crippen LogP contribution in [0.4, 0.5) is 4.79 Å². The normalized spacial score (nSPS) is 22.9. The van der Waals surface area contributed by atoms with Crippen molar-refractivity contribution in [1.29, 1.82) is 0 Å². The summed E-state index contributed by atoms with van der Waals surface area (Å²) >= 11 is 0. The van der Waals surface area contributed by atoms with E-state index in [-0.39, 0.29) is 17.6 Å². The van der Waals surface area contributed by atoms with Crippen molar-refractivity contribution in [3.05, 3.63) is 23.3 Å². The molecule has 108 valence electrons. The first-order valence-corrected chi connectivity index (χ1v) is 6.81. The van der Waals surface area contributed by atoms with E-state index >= 15 is 0 Å². The van der Waals surface area contributed by atoms with Crippen molar-refractivity contribution in [3.8, 4) is 11.5 Å². The van der Waals surface area contributed by atoms with Crippen molar-refractivity contribution in [2.75, 3.05) is 20.8 Å². The van der Waals surface area contributed by atoms with Gasteiger partial charge in [0.2, 0.25) is 0 Å². The summed E-state index contributed by atoms with van der Waals surface area (Å²) < 4.78 is 10.8. The van der Waals surface area contributed by atoms with Crippen molar-refractivity contribution >= 4 is 6.03 Å². The monoisotopic (exact) mass is 276 g/mol. The van der Waals surface area contributed by atoms with E-state index < -0.39 is 0 Å². The zero-order chi connectivity index (χ0) is 14.5. The Morgan fingerprint density at radius 3 is 2.55 bits per heavy atom. The number of amides is 2. The Labute approximate surface area is 118 Å². The molecule has 2 heterocycles. The minimum atomic E-state index is -0.286. The molecule has 2 amide bonds. The molecular weight excluding hydrogens is 256 g/mol. The number of nitrogens with zero attached hydrogens (tertiary/aromatic N) is 1.